The molecule has 0 radical (unpaired) electrons. The summed E-state index contributed by atoms with van der Waals surface area (Å²) in [6.45, 7) is 2.67. The van der Waals surface area contributed by atoms with Crippen molar-refractivity contribution in [2.75, 3.05) is 6.54 Å². The van der Waals surface area contributed by atoms with Crippen molar-refractivity contribution >= 4 is 21.6 Å². The zero-order valence-electron chi connectivity index (χ0n) is 10.5. The van der Waals surface area contributed by atoms with Crippen LogP contribution in [0, 0.1) is 0 Å². The lowest BCUT2D eigenvalue weighted by Crippen LogP contribution is -2.35. The van der Waals surface area contributed by atoms with Gasteiger partial charge < -0.3 is 0 Å². The summed E-state index contributed by atoms with van der Waals surface area (Å²) < 4.78 is 26.6. The second-order valence-electron chi connectivity index (χ2n) is 4.60. The molecule has 1 aliphatic rings. The molecule has 1 aromatic rings. The van der Waals surface area contributed by atoms with Crippen LogP contribution in [0.2, 0.25) is 0 Å². The van der Waals surface area contributed by atoms with Gasteiger partial charge in [-0.3, -0.25) is 0 Å². The third kappa shape index (κ3) is 2.56. The van der Waals surface area contributed by atoms with Gasteiger partial charge in [-0.2, -0.15) is 4.31 Å². The first kappa shape index (κ1) is 13.8. The van der Waals surface area contributed by atoms with Gasteiger partial charge in [-0.05, 0) is 37.0 Å². The summed E-state index contributed by atoms with van der Waals surface area (Å²) in [5.74, 6) is 0.404. The van der Waals surface area contributed by atoms with E-state index < -0.39 is 10.0 Å². The van der Waals surface area contributed by atoms with Gasteiger partial charge in [-0.25, -0.2) is 8.42 Å². The van der Waals surface area contributed by atoms with Gasteiger partial charge in [0.05, 0.1) is 4.90 Å². The molecule has 0 aromatic heterocycles. The van der Waals surface area contributed by atoms with Gasteiger partial charge in [0.25, 0.3) is 0 Å². The molecular weight excluding hydrogens is 270 g/mol. The number of nitrogens with zero attached hydrogens (tertiary/aromatic N) is 1. The number of hydrogen-bond acceptors (Lipinski definition) is 2. The standard InChI is InChI=1S/C13H18ClNO2S/c1-2-12-4-3-9-15(12)18(16,17)13-7-5-11(10-14)6-8-13/h5-8,12H,2-4,9-10H2,1H3. The topological polar surface area (TPSA) is 37.4 Å². The van der Waals surface area contributed by atoms with E-state index in [2.05, 4.69) is 0 Å². The van der Waals surface area contributed by atoms with E-state index in [9.17, 15) is 8.42 Å². The maximum absolute atomic E-state index is 12.5. The SMILES string of the molecule is CCC1CCCN1S(=O)(=O)c1ccc(CCl)cc1. The second kappa shape index (κ2) is 5.59. The molecule has 0 bridgehead atoms. The van der Waals surface area contributed by atoms with Crippen LogP contribution in [0.25, 0.3) is 0 Å². The first-order chi connectivity index (χ1) is 8.59. The van der Waals surface area contributed by atoms with Crippen molar-refractivity contribution in [1.29, 1.82) is 0 Å². The number of hydrogen-bond donors (Lipinski definition) is 0. The Morgan fingerprint density at radius 3 is 2.56 bits per heavy atom. The maximum Gasteiger partial charge on any atom is 0.243 e. The molecule has 1 aromatic carbocycles. The largest absolute Gasteiger partial charge is 0.243 e. The average Bonchev–Trinajstić information content (AvgIpc) is 2.88. The predicted molar refractivity (Wildman–Crippen MR) is 73.2 cm³/mol. The predicted octanol–water partition coefficient (Wildman–Crippen LogP) is 2.99. The molecule has 1 atom stereocenters. The Morgan fingerprint density at radius 1 is 1.33 bits per heavy atom. The van der Waals surface area contributed by atoms with Crippen molar-refractivity contribution in [3.63, 3.8) is 0 Å². The molecule has 0 spiro atoms. The number of alkyl halides is 1. The highest BCUT2D eigenvalue weighted by molar-refractivity contribution is 7.89. The minimum Gasteiger partial charge on any atom is -0.207 e. The number of sulfonamides is 1. The van der Waals surface area contributed by atoms with Crippen LogP contribution in [0.3, 0.4) is 0 Å². The highest BCUT2D eigenvalue weighted by Gasteiger charge is 2.33. The Hall–Kier alpha value is -0.580. The van der Waals surface area contributed by atoms with Crippen LogP contribution in [0.1, 0.15) is 31.7 Å². The lowest BCUT2D eigenvalue weighted by atomic mass is 10.2. The van der Waals surface area contributed by atoms with Gasteiger partial charge in [0.1, 0.15) is 0 Å². The molecule has 0 N–H and O–H groups in total. The third-order valence-electron chi connectivity index (χ3n) is 3.48. The summed E-state index contributed by atoms with van der Waals surface area (Å²) in [7, 11) is -3.33. The Balaban J connectivity index is 2.29. The molecule has 1 saturated heterocycles. The van der Waals surface area contributed by atoms with E-state index in [4.69, 9.17) is 11.6 Å². The van der Waals surface area contributed by atoms with Crippen LogP contribution in [0.5, 0.6) is 0 Å². The van der Waals surface area contributed by atoms with E-state index in [0.29, 0.717) is 17.3 Å². The summed E-state index contributed by atoms with van der Waals surface area (Å²) in [4.78, 5) is 0.372. The van der Waals surface area contributed by atoms with Gasteiger partial charge >= 0.3 is 0 Å². The Labute approximate surface area is 114 Å². The van der Waals surface area contributed by atoms with E-state index in [1.807, 2.05) is 6.92 Å². The van der Waals surface area contributed by atoms with Crippen LogP contribution < -0.4 is 0 Å². The van der Waals surface area contributed by atoms with Crippen molar-refractivity contribution < 1.29 is 8.42 Å². The lowest BCUT2D eigenvalue weighted by molar-refractivity contribution is 0.379. The monoisotopic (exact) mass is 287 g/mol. The van der Waals surface area contributed by atoms with Crippen LogP contribution in [0.15, 0.2) is 29.2 Å². The van der Waals surface area contributed by atoms with E-state index in [-0.39, 0.29) is 6.04 Å². The van der Waals surface area contributed by atoms with Crippen LogP contribution >= 0.6 is 11.6 Å². The van der Waals surface area contributed by atoms with E-state index in [0.717, 1.165) is 24.8 Å². The van der Waals surface area contributed by atoms with Crippen LogP contribution in [0.4, 0.5) is 0 Å². The van der Waals surface area contributed by atoms with Gasteiger partial charge in [0.15, 0.2) is 0 Å². The zero-order chi connectivity index (χ0) is 13.2. The quantitative estimate of drug-likeness (QED) is 0.799. The highest BCUT2D eigenvalue weighted by Crippen LogP contribution is 2.27. The van der Waals surface area contributed by atoms with Crippen LogP contribution in [-0.4, -0.2) is 25.3 Å². The zero-order valence-corrected chi connectivity index (χ0v) is 12.0. The molecular formula is C13H18ClNO2S. The lowest BCUT2D eigenvalue weighted by Gasteiger charge is -2.23. The second-order valence-corrected chi connectivity index (χ2v) is 6.76. The van der Waals surface area contributed by atoms with E-state index in [1.54, 1.807) is 28.6 Å². The van der Waals surface area contributed by atoms with Gasteiger partial charge in [-0.15, -0.1) is 11.6 Å². The van der Waals surface area contributed by atoms with Crippen molar-refractivity contribution in [3.8, 4) is 0 Å². The number of rotatable bonds is 4. The first-order valence-corrected chi connectivity index (χ1v) is 8.23. The first-order valence-electron chi connectivity index (χ1n) is 6.26. The molecule has 1 aliphatic heterocycles. The average molecular weight is 288 g/mol. The van der Waals surface area contributed by atoms with Crippen molar-refractivity contribution in [2.45, 2.75) is 43.0 Å². The molecule has 3 nitrogen and oxygen atoms in total. The summed E-state index contributed by atoms with van der Waals surface area (Å²) in [6, 6.07) is 7.01. The normalized spacial score (nSPS) is 21.3. The summed E-state index contributed by atoms with van der Waals surface area (Å²) >= 11 is 5.71. The molecule has 0 saturated carbocycles. The minimum atomic E-state index is -3.33. The summed E-state index contributed by atoms with van der Waals surface area (Å²) in [5.41, 5.74) is 0.934. The molecule has 0 aliphatic carbocycles. The van der Waals surface area contributed by atoms with Crippen molar-refractivity contribution in [3.05, 3.63) is 29.8 Å². The van der Waals surface area contributed by atoms with E-state index >= 15 is 0 Å². The van der Waals surface area contributed by atoms with Crippen LogP contribution in [-0.2, 0) is 15.9 Å². The molecule has 1 unspecified atom stereocenters. The Bertz CT molecular complexity index is 498. The molecule has 2 rings (SSSR count). The Morgan fingerprint density at radius 2 is 2.00 bits per heavy atom. The van der Waals surface area contributed by atoms with E-state index in [1.165, 1.54) is 0 Å². The number of benzene rings is 1. The van der Waals surface area contributed by atoms with Gasteiger partial charge in [0.2, 0.25) is 10.0 Å². The summed E-state index contributed by atoms with van der Waals surface area (Å²) in [6.07, 6.45) is 2.80. The fourth-order valence-corrected chi connectivity index (χ4v) is 4.36. The molecule has 1 fully saturated rings. The summed E-state index contributed by atoms with van der Waals surface area (Å²) in [5, 5.41) is 0. The van der Waals surface area contributed by atoms with Gasteiger partial charge in [0, 0.05) is 18.5 Å². The van der Waals surface area contributed by atoms with Crippen molar-refractivity contribution in [2.24, 2.45) is 0 Å². The molecule has 100 valence electrons. The fourth-order valence-electron chi connectivity index (χ4n) is 2.42. The maximum atomic E-state index is 12.5. The third-order valence-corrected chi connectivity index (χ3v) is 5.75. The molecule has 5 heteroatoms. The molecule has 18 heavy (non-hydrogen) atoms. The Kier molecular flexibility index (Phi) is 4.30. The van der Waals surface area contributed by atoms with Gasteiger partial charge in [-0.1, -0.05) is 19.1 Å². The molecule has 0 amide bonds. The highest BCUT2D eigenvalue weighted by atomic mass is 35.5. The van der Waals surface area contributed by atoms with Crippen molar-refractivity contribution in [1.82, 2.24) is 4.31 Å². The molecule has 1 heterocycles. The smallest absolute Gasteiger partial charge is 0.207 e. The fraction of sp³-hybridized carbons (Fsp3) is 0.538. The minimum absolute atomic E-state index is 0.155. The number of halogens is 1.